The molecule has 7 heteroatoms. The van der Waals surface area contributed by atoms with Gasteiger partial charge in [-0.3, -0.25) is 4.79 Å². The molecular formula is C21H23N5O2. The number of rotatable bonds is 4. The van der Waals surface area contributed by atoms with Crippen molar-refractivity contribution in [1.29, 1.82) is 0 Å². The lowest BCUT2D eigenvalue weighted by Gasteiger charge is -2.15. The summed E-state index contributed by atoms with van der Waals surface area (Å²) in [6.07, 6.45) is 6.45. The molecule has 1 N–H and O–H groups in total. The van der Waals surface area contributed by atoms with E-state index in [9.17, 15) is 4.79 Å². The third-order valence-electron chi connectivity index (χ3n) is 5.23. The molecule has 0 fully saturated rings. The van der Waals surface area contributed by atoms with Crippen LogP contribution in [0.2, 0.25) is 0 Å². The van der Waals surface area contributed by atoms with E-state index in [1.165, 1.54) is 16.7 Å². The van der Waals surface area contributed by atoms with Crippen LogP contribution in [0.15, 0.2) is 36.7 Å². The summed E-state index contributed by atoms with van der Waals surface area (Å²) in [7, 11) is 1.66. The number of aliphatic hydroxyl groups is 1. The van der Waals surface area contributed by atoms with Gasteiger partial charge in [-0.15, -0.1) is 0 Å². The number of hydrogen-bond donors (Lipinski definition) is 1. The Balaban J connectivity index is 1.75. The van der Waals surface area contributed by atoms with Gasteiger partial charge in [0.15, 0.2) is 0 Å². The summed E-state index contributed by atoms with van der Waals surface area (Å²) in [5.74, 6) is 0.273. The van der Waals surface area contributed by atoms with Crippen LogP contribution in [-0.4, -0.2) is 55.9 Å². The highest BCUT2D eigenvalue weighted by atomic mass is 16.3. The van der Waals surface area contributed by atoms with Crippen LogP contribution in [0.25, 0.3) is 17.2 Å². The summed E-state index contributed by atoms with van der Waals surface area (Å²) in [6, 6.07) is 8.34. The number of hydrogen-bond acceptors (Lipinski definition) is 5. The molecule has 0 spiro atoms. The first-order valence-corrected chi connectivity index (χ1v) is 9.45. The molecule has 1 aromatic carbocycles. The Hall–Kier alpha value is -3.06. The number of benzene rings is 1. The summed E-state index contributed by atoms with van der Waals surface area (Å²) in [4.78, 5) is 23.4. The van der Waals surface area contributed by atoms with E-state index in [2.05, 4.69) is 28.3 Å². The Morgan fingerprint density at radius 3 is 2.82 bits per heavy atom. The first-order chi connectivity index (χ1) is 13.6. The Labute approximate surface area is 163 Å². The van der Waals surface area contributed by atoms with Crippen LogP contribution in [0.4, 0.5) is 0 Å². The van der Waals surface area contributed by atoms with Gasteiger partial charge in [0.25, 0.3) is 11.9 Å². The molecule has 0 aliphatic heterocycles. The van der Waals surface area contributed by atoms with Gasteiger partial charge in [0, 0.05) is 25.4 Å². The molecule has 2 aromatic heterocycles. The molecule has 0 saturated heterocycles. The zero-order chi connectivity index (χ0) is 19.7. The number of amides is 1. The summed E-state index contributed by atoms with van der Waals surface area (Å²) >= 11 is 0. The Bertz CT molecular complexity index is 1030. The molecule has 0 atom stereocenters. The number of carbonyl (C=O) groups is 1. The molecule has 2 heterocycles. The van der Waals surface area contributed by atoms with Crippen molar-refractivity contribution >= 4 is 5.91 Å². The first kappa shape index (κ1) is 18.3. The number of nitrogens with zero attached hydrogens (tertiary/aromatic N) is 5. The van der Waals surface area contributed by atoms with Crippen molar-refractivity contribution in [3.63, 3.8) is 0 Å². The molecule has 144 valence electrons. The molecule has 0 saturated carbocycles. The van der Waals surface area contributed by atoms with Crippen molar-refractivity contribution in [2.45, 2.75) is 26.2 Å². The maximum absolute atomic E-state index is 12.6. The van der Waals surface area contributed by atoms with Crippen molar-refractivity contribution in [2.75, 3.05) is 20.2 Å². The van der Waals surface area contributed by atoms with Crippen molar-refractivity contribution in [2.24, 2.45) is 0 Å². The predicted octanol–water partition coefficient (Wildman–Crippen LogP) is 2.19. The Kier molecular flexibility index (Phi) is 4.92. The lowest BCUT2D eigenvalue weighted by Crippen LogP contribution is -2.29. The molecule has 1 aliphatic rings. The Morgan fingerprint density at radius 2 is 2.00 bits per heavy atom. The third-order valence-corrected chi connectivity index (χ3v) is 5.23. The SMILES string of the molecule is Cc1c(C(=O)N(C)CCO)cnn1-c1ncc2c(n1)-c1ccccc1CCC2. The zero-order valence-electron chi connectivity index (χ0n) is 16.1. The van der Waals surface area contributed by atoms with E-state index in [1.54, 1.807) is 11.7 Å². The standard InChI is InChI=1S/C21H23N5O2/c1-14-18(20(28)25(2)10-11-27)13-23-26(14)21-22-12-16-8-5-7-15-6-3-4-9-17(15)19(16)24-21/h3-4,6,9,12-13,27H,5,7-8,10-11H2,1-2H3. The Morgan fingerprint density at radius 1 is 1.21 bits per heavy atom. The summed E-state index contributed by atoms with van der Waals surface area (Å²) in [5.41, 5.74) is 5.68. The first-order valence-electron chi connectivity index (χ1n) is 9.45. The average Bonchev–Trinajstić information content (AvgIpc) is 2.99. The second-order valence-electron chi connectivity index (χ2n) is 7.06. The van der Waals surface area contributed by atoms with Crippen molar-refractivity contribution < 1.29 is 9.90 Å². The van der Waals surface area contributed by atoms with Gasteiger partial charge >= 0.3 is 0 Å². The molecule has 7 nitrogen and oxygen atoms in total. The number of carbonyl (C=O) groups excluding carboxylic acids is 1. The number of aryl methyl sites for hydroxylation is 2. The fourth-order valence-electron chi connectivity index (χ4n) is 3.63. The van der Waals surface area contributed by atoms with Gasteiger partial charge in [-0.25, -0.2) is 14.6 Å². The second kappa shape index (κ2) is 7.52. The van der Waals surface area contributed by atoms with Crippen molar-refractivity contribution in [3.8, 4) is 17.2 Å². The monoisotopic (exact) mass is 377 g/mol. The second-order valence-corrected chi connectivity index (χ2v) is 7.06. The van der Waals surface area contributed by atoms with E-state index in [0.29, 0.717) is 17.2 Å². The molecule has 0 radical (unpaired) electrons. The maximum Gasteiger partial charge on any atom is 0.257 e. The molecular weight excluding hydrogens is 354 g/mol. The quantitative estimate of drug-likeness (QED) is 0.753. The molecule has 3 aromatic rings. The van der Waals surface area contributed by atoms with Crippen LogP contribution in [-0.2, 0) is 12.8 Å². The van der Waals surface area contributed by atoms with E-state index in [1.807, 2.05) is 19.2 Å². The summed E-state index contributed by atoms with van der Waals surface area (Å²) in [6.45, 7) is 2.02. The summed E-state index contributed by atoms with van der Waals surface area (Å²) in [5, 5.41) is 13.4. The average molecular weight is 377 g/mol. The van der Waals surface area contributed by atoms with Crippen LogP contribution >= 0.6 is 0 Å². The van der Waals surface area contributed by atoms with Crippen LogP contribution in [0.3, 0.4) is 0 Å². The number of aliphatic hydroxyl groups excluding tert-OH is 1. The van der Waals surface area contributed by atoms with Gasteiger partial charge in [0.2, 0.25) is 0 Å². The normalized spacial score (nSPS) is 12.8. The minimum Gasteiger partial charge on any atom is -0.395 e. The third kappa shape index (κ3) is 3.18. The van der Waals surface area contributed by atoms with Crippen molar-refractivity contribution in [3.05, 3.63) is 59.0 Å². The number of aromatic nitrogens is 4. The largest absolute Gasteiger partial charge is 0.395 e. The van der Waals surface area contributed by atoms with Gasteiger partial charge in [0.1, 0.15) is 0 Å². The molecule has 4 rings (SSSR count). The molecule has 1 amide bonds. The van der Waals surface area contributed by atoms with Crippen molar-refractivity contribution in [1.82, 2.24) is 24.6 Å². The van der Waals surface area contributed by atoms with Gasteiger partial charge in [0.05, 0.1) is 29.8 Å². The van der Waals surface area contributed by atoms with Crippen LogP contribution in [0, 0.1) is 6.92 Å². The lowest BCUT2D eigenvalue weighted by molar-refractivity contribution is 0.0766. The highest BCUT2D eigenvalue weighted by molar-refractivity contribution is 5.95. The fraction of sp³-hybridized carbons (Fsp3) is 0.333. The van der Waals surface area contributed by atoms with Gasteiger partial charge in [-0.05, 0) is 37.3 Å². The van der Waals surface area contributed by atoms with Crippen LogP contribution < -0.4 is 0 Å². The van der Waals surface area contributed by atoms with E-state index >= 15 is 0 Å². The number of likely N-dealkylation sites (N-methyl/N-ethyl adjacent to an activating group) is 1. The van der Waals surface area contributed by atoms with Crippen LogP contribution in [0.1, 0.15) is 33.6 Å². The maximum atomic E-state index is 12.6. The van der Waals surface area contributed by atoms with Crippen LogP contribution in [0.5, 0.6) is 0 Å². The van der Waals surface area contributed by atoms with E-state index in [0.717, 1.165) is 36.1 Å². The van der Waals surface area contributed by atoms with Gasteiger partial charge in [-0.1, -0.05) is 24.3 Å². The van der Waals surface area contributed by atoms with E-state index in [-0.39, 0.29) is 19.1 Å². The minimum absolute atomic E-state index is 0.0806. The molecule has 1 aliphatic carbocycles. The highest BCUT2D eigenvalue weighted by Crippen LogP contribution is 2.31. The molecule has 0 bridgehead atoms. The summed E-state index contributed by atoms with van der Waals surface area (Å²) < 4.78 is 1.60. The zero-order valence-corrected chi connectivity index (χ0v) is 16.1. The molecule has 28 heavy (non-hydrogen) atoms. The lowest BCUT2D eigenvalue weighted by atomic mass is 10.0. The topological polar surface area (TPSA) is 84.1 Å². The molecule has 0 unspecified atom stereocenters. The fourth-order valence-corrected chi connectivity index (χ4v) is 3.63. The highest BCUT2D eigenvalue weighted by Gasteiger charge is 2.21. The van der Waals surface area contributed by atoms with Gasteiger partial charge in [-0.2, -0.15) is 5.10 Å². The van der Waals surface area contributed by atoms with E-state index in [4.69, 9.17) is 10.1 Å². The predicted molar refractivity (Wildman–Crippen MR) is 105 cm³/mol. The van der Waals surface area contributed by atoms with E-state index < -0.39 is 0 Å². The number of fused-ring (bicyclic) bond motifs is 3. The minimum atomic E-state index is -0.182. The van der Waals surface area contributed by atoms with Gasteiger partial charge < -0.3 is 10.0 Å². The smallest absolute Gasteiger partial charge is 0.257 e.